The summed E-state index contributed by atoms with van der Waals surface area (Å²) in [6.07, 6.45) is 0.761. The van der Waals surface area contributed by atoms with Crippen molar-refractivity contribution < 1.29 is 14.6 Å². The zero-order chi connectivity index (χ0) is 14.4. The number of carbonyl (C=O) groups excluding carboxylic acids is 1. The quantitative estimate of drug-likeness (QED) is 0.828. The average Bonchev–Trinajstić information content (AvgIpc) is 2.36. The third-order valence-corrected chi connectivity index (χ3v) is 2.99. The number of amides is 1. The van der Waals surface area contributed by atoms with Crippen molar-refractivity contribution in [3.63, 3.8) is 0 Å². The fourth-order valence-electron chi connectivity index (χ4n) is 2.03. The molecule has 0 bridgehead atoms. The van der Waals surface area contributed by atoms with Crippen LogP contribution in [-0.4, -0.2) is 30.8 Å². The molecular weight excluding hydrogens is 242 g/mol. The first-order valence-electron chi connectivity index (χ1n) is 6.54. The number of methoxy groups -OCH3 is 1. The molecule has 0 saturated carbocycles. The number of aliphatic hydroxyl groups excluding tert-OH is 1. The second kappa shape index (κ2) is 7.14. The number of rotatable bonds is 6. The molecule has 0 heterocycles. The van der Waals surface area contributed by atoms with Gasteiger partial charge in [0.25, 0.3) is 5.91 Å². The Morgan fingerprint density at radius 2 is 2.11 bits per heavy atom. The van der Waals surface area contributed by atoms with Gasteiger partial charge in [-0.1, -0.05) is 13.8 Å². The van der Waals surface area contributed by atoms with E-state index >= 15 is 0 Å². The maximum Gasteiger partial charge on any atom is 0.251 e. The molecule has 106 valence electrons. The molecule has 1 rings (SSSR count). The number of ether oxygens (including phenoxy) is 1. The summed E-state index contributed by atoms with van der Waals surface area (Å²) >= 11 is 0. The summed E-state index contributed by atoms with van der Waals surface area (Å²) in [4.78, 5) is 12.2. The van der Waals surface area contributed by atoms with E-state index in [1.54, 1.807) is 19.2 Å². The predicted molar refractivity (Wildman–Crippen MR) is 75.5 cm³/mol. The van der Waals surface area contributed by atoms with Crippen LogP contribution >= 0.6 is 0 Å². The van der Waals surface area contributed by atoms with E-state index in [9.17, 15) is 9.90 Å². The standard InChI is InChI=1S/C15H23NO3/c1-10(2)7-12(9-17)16-15(18)14-6-5-13(19-4)8-11(14)3/h5-6,8,10,12,17H,7,9H2,1-4H3,(H,16,18). The van der Waals surface area contributed by atoms with E-state index in [1.807, 2.05) is 13.0 Å². The molecule has 0 fully saturated rings. The first kappa shape index (κ1) is 15.5. The zero-order valence-electron chi connectivity index (χ0n) is 12.1. The number of hydrogen-bond donors (Lipinski definition) is 2. The van der Waals surface area contributed by atoms with Gasteiger partial charge in [-0.25, -0.2) is 0 Å². The van der Waals surface area contributed by atoms with Gasteiger partial charge in [-0.15, -0.1) is 0 Å². The van der Waals surface area contributed by atoms with E-state index in [2.05, 4.69) is 19.2 Å². The van der Waals surface area contributed by atoms with Gasteiger partial charge in [0.05, 0.1) is 19.8 Å². The highest BCUT2D eigenvalue weighted by molar-refractivity contribution is 5.96. The number of nitrogens with one attached hydrogen (secondary N) is 1. The highest BCUT2D eigenvalue weighted by Crippen LogP contribution is 2.17. The van der Waals surface area contributed by atoms with Crippen LogP contribution < -0.4 is 10.1 Å². The summed E-state index contributed by atoms with van der Waals surface area (Å²) < 4.78 is 5.11. The Bertz CT molecular complexity index is 429. The second-order valence-corrected chi connectivity index (χ2v) is 5.16. The van der Waals surface area contributed by atoms with E-state index in [1.165, 1.54) is 0 Å². The maximum absolute atomic E-state index is 12.2. The fourth-order valence-corrected chi connectivity index (χ4v) is 2.03. The van der Waals surface area contributed by atoms with E-state index in [0.29, 0.717) is 11.5 Å². The first-order chi connectivity index (χ1) is 8.97. The average molecular weight is 265 g/mol. The lowest BCUT2D eigenvalue weighted by Gasteiger charge is -2.19. The van der Waals surface area contributed by atoms with Crippen molar-refractivity contribution >= 4 is 5.91 Å². The molecule has 19 heavy (non-hydrogen) atoms. The van der Waals surface area contributed by atoms with Crippen molar-refractivity contribution in [2.45, 2.75) is 33.2 Å². The number of hydrogen-bond acceptors (Lipinski definition) is 3. The highest BCUT2D eigenvalue weighted by Gasteiger charge is 2.16. The molecule has 4 nitrogen and oxygen atoms in total. The molecular formula is C15H23NO3. The Morgan fingerprint density at radius 1 is 1.42 bits per heavy atom. The predicted octanol–water partition coefficient (Wildman–Crippen LogP) is 2.14. The molecule has 0 aromatic heterocycles. The van der Waals surface area contributed by atoms with E-state index in [0.717, 1.165) is 17.7 Å². The summed E-state index contributed by atoms with van der Waals surface area (Å²) in [5.41, 5.74) is 1.47. The molecule has 4 heteroatoms. The molecule has 1 unspecified atom stereocenters. The fraction of sp³-hybridized carbons (Fsp3) is 0.533. The minimum atomic E-state index is -0.200. The summed E-state index contributed by atoms with van der Waals surface area (Å²) in [6, 6.07) is 5.13. The lowest BCUT2D eigenvalue weighted by atomic mass is 10.0. The van der Waals surface area contributed by atoms with Crippen molar-refractivity contribution in [1.29, 1.82) is 0 Å². The Kier molecular flexibility index (Phi) is 5.83. The summed E-state index contributed by atoms with van der Waals surface area (Å²) in [7, 11) is 1.60. The van der Waals surface area contributed by atoms with Crippen molar-refractivity contribution in [3.8, 4) is 5.75 Å². The number of carbonyl (C=O) groups is 1. The van der Waals surface area contributed by atoms with Gasteiger partial charge in [-0.3, -0.25) is 4.79 Å². The van der Waals surface area contributed by atoms with Crippen LogP contribution in [0.5, 0.6) is 5.75 Å². The molecule has 2 N–H and O–H groups in total. The van der Waals surface area contributed by atoms with Gasteiger partial charge in [0.1, 0.15) is 5.75 Å². The van der Waals surface area contributed by atoms with Gasteiger partial charge >= 0.3 is 0 Å². The smallest absolute Gasteiger partial charge is 0.251 e. The minimum absolute atomic E-state index is 0.0425. The van der Waals surface area contributed by atoms with Crippen LogP contribution in [0.3, 0.4) is 0 Å². The molecule has 1 aromatic rings. The van der Waals surface area contributed by atoms with Gasteiger partial charge in [-0.05, 0) is 43.0 Å². The van der Waals surface area contributed by atoms with E-state index < -0.39 is 0 Å². The topological polar surface area (TPSA) is 58.6 Å². The van der Waals surface area contributed by atoms with Gasteiger partial charge in [-0.2, -0.15) is 0 Å². The summed E-state index contributed by atoms with van der Waals surface area (Å²) in [5, 5.41) is 12.2. The van der Waals surface area contributed by atoms with Crippen molar-refractivity contribution in [2.24, 2.45) is 5.92 Å². The number of benzene rings is 1. The zero-order valence-corrected chi connectivity index (χ0v) is 12.1. The molecule has 0 aliphatic heterocycles. The third-order valence-electron chi connectivity index (χ3n) is 2.99. The Balaban J connectivity index is 2.77. The van der Waals surface area contributed by atoms with Crippen molar-refractivity contribution in [2.75, 3.05) is 13.7 Å². The van der Waals surface area contributed by atoms with Gasteiger partial charge in [0, 0.05) is 5.56 Å². The van der Waals surface area contributed by atoms with Crippen LogP contribution in [-0.2, 0) is 0 Å². The van der Waals surface area contributed by atoms with E-state index in [-0.39, 0.29) is 18.6 Å². The highest BCUT2D eigenvalue weighted by atomic mass is 16.5. The third kappa shape index (κ3) is 4.56. The molecule has 0 spiro atoms. The lowest BCUT2D eigenvalue weighted by Crippen LogP contribution is -2.38. The van der Waals surface area contributed by atoms with Crippen LogP contribution in [0.25, 0.3) is 0 Å². The summed E-state index contributed by atoms with van der Waals surface area (Å²) in [6.45, 7) is 5.95. The number of aliphatic hydroxyl groups is 1. The maximum atomic E-state index is 12.2. The Morgan fingerprint density at radius 3 is 2.58 bits per heavy atom. The molecule has 1 aromatic carbocycles. The minimum Gasteiger partial charge on any atom is -0.497 e. The Labute approximate surface area is 114 Å². The first-order valence-corrected chi connectivity index (χ1v) is 6.54. The van der Waals surface area contributed by atoms with Crippen LogP contribution in [0.15, 0.2) is 18.2 Å². The van der Waals surface area contributed by atoms with Gasteiger partial charge in [0.15, 0.2) is 0 Å². The summed E-state index contributed by atoms with van der Waals surface area (Å²) in [5.74, 6) is 1.00. The normalized spacial score (nSPS) is 12.3. The van der Waals surface area contributed by atoms with E-state index in [4.69, 9.17) is 4.74 Å². The molecule has 0 saturated heterocycles. The van der Waals surface area contributed by atoms with Crippen LogP contribution in [0.4, 0.5) is 0 Å². The van der Waals surface area contributed by atoms with Gasteiger partial charge in [0.2, 0.25) is 0 Å². The molecule has 0 aliphatic rings. The molecule has 1 amide bonds. The Hall–Kier alpha value is -1.55. The molecule has 0 aliphatic carbocycles. The van der Waals surface area contributed by atoms with Crippen molar-refractivity contribution in [3.05, 3.63) is 29.3 Å². The second-order valence-electron chi connectivity index (χ2n) is 5.16. The largest absolute Gasteiger partial charge is 0.497 e. The van der Waals surface area contributed by atoms with Crippen molar-refractivity contribution in [1.82, 2.24) is 5.32 Å². The molecule has 0 radical (unpaired) electrons. The SMILES string of the molecule is COc1ccc(C(=O)NC(CO)CC(C)C)c(C)c1. The molecule has 1 atom stereocenters. The van der Waals surface area contributed by atoms with Crippen LogP contribution in [0.2, 0.25) is 0 Å². The van der Waals surface area contributed by atoms with Gasteiger partial charge < -0.3 is 15.2 Å². The lowest BCUT2D eigenvalue weighted by molar-refractivity contribution is 0.0907. The number of aryl methyl sites for hydroxylation is 1. The monoisotopic (exact) mass is 265 g/mol. The van der Waals surface area contributed by atoms with Crippen LogP contribution in [0.1, 0.15) is 36.2 Å². The van der Waals surface area contributed by atoms with Crippen LogP contribution in [0, 0.1) is 12.8 Å².